The number of carbonyl (C=O) groups is 1. The van der Waals surface area contributed by atoms with E-state index >= 15 is 0 Å². The standard InChI is InChI=1S/C13H21N3O3S/c1-19-8-7-16-12(10-5-3-2-4-6-10)14-15-13(16)20-9-11(17)18/h10H,2-9H2,1H3,(H,17,18). The number of methoxy groups -OCH3 is 1. The molecule has 0 spiro atoms. The van der Waals surface area contributed by atoms with Gasteiger partial charge in [-0.15, -0.1) is 10.2 Å². The molecule has 1 aliphatic rings. The second-order valence-corrected chi connectivity index (χ2v) is 5.95. The molecular formula is C13H21N3O3S. The first-order valence-corrected chi connectivity index (χ1v) is 7.97. The van der Waals surface area contributed by atoms with Crippen LogP contribution in [-0.4, -0.2) is 45.3 Å². The van der Waals surface area contributed by atoms with E-state index in [0.717, 1.165) is 18.7 Å². The highest BCUT2D eigenvalue weighted by molar-refractivity contribution is 7.99. The van der Waals surface area contributed by atoms with Crippen LogP contribution in [0.1, 0.15) is 43.8 Å². The maximum atomic E-state index is 10.7. The van der Waals surface area contributed by atoms with Crippen LogP contribution in [0.25, 0.3) is 0 Å². The van der Waals surface area contributed by atoms with Gasteiger partial charge in [0, 0.05) is 19.6 Å². The molecule has 7 heteroatoms. The minimum atomic E-state index is -0.837. The van der Waals surface area contributed by atoms with E-state index in [4.69, 9.17) is 9.84 Å². The Balaban J connectivity index is 2.14. The zero-order valence-electron chi connectivity index (χ0n) is 11.7. The number of hydrogen-bond donors (Lipinski definition) is 1. The zero-order valence-corrected chi connectivity index (χ0v) is 12.6. The van der Waals surface area contributed by atoms with Gasteiger partial charge in [-0.3, -0.25) is 4.79 Å². The third-order valence-corrected chi connectivity index (χ3v) is 4.51. The summed E-state index contributed by atoms with van der Waals surface area (Å²) in [6, 6.07) is 0. The number of ether oxygens (including phenoxy) is 1. The Labute approximate surface area is 122 Å². The Morgan fingerprint density at radius 3 is 2.80 bits per heavy atom. The molecule has 1 aliphatic carbocycles. The van der Waals surface area contributed by atoms with Gasteiger partial charge in [-0.05, 0) is 12.8 Å². The van der Waals surface area contributed by atoms with Crippen LogP contribution in [0.4, 0.5) is 0 Å². The zero-order chi connectivity index (χ0) is 14.4. The number of rotatable bonds is 7. The van der Waals surface area contributed by atoms with Crippen molar-refractivity contribution in [3.8, 4) is 0 Å². The van der Waals surface area contributed by atoms with Crippen molar-refractivity contribution in [2.75, 3.05) is 19.5 Å². The van der Waals surface area contributed by atoms with Crippen LogP contribution in [0.5, 0.6) is 0 Å². The van der Waals surface area contributed by atoms with Crippen molar-refractivity contribution in [1.29, 1.82) is 0 Å². The molecule has 2 rings (SSSR count). The maximum absolute atomic E-state index is 10.7. The molecule has 20 heavy (non-hydrogen) atoms. The minimum absolute atomic E-state index is 0.00970. The molecule has 1 aromatic heterocycles. The number of thioether (sulfide) groups is 1. The molecule has 0 saturated heterocycles. The molecule has 0 aromatic carbocycles. The lowest BCUT2D eigenvalue weighted by molar-refractivity contribution is -0.133. The van der Waals surface area contributed by atoms with Gasteiger partial charge in [0.2, 0.25) is 0 Å². The summed E-state index contributed by atoms with van der Waals surface area (Å²) in [7, 11) is 1.66. The number of nitrogens with zero attached hydrogens (tertiary/aromatic N) is 3. The van der Waals surface area contributed by atoms with Gasteiger partial charge in [-0.2, -0.15) is 0 Å². The van der Waals surface area contributed by atoms with Gasteiger partial charge >= 0.3 is 5.97 Å². The molecule has 112 valence electrons. The summed E-state index contributed by atoms with van der Waals surface area (Å²) >= 11 is 1.22. The summed E-state index contributed by atoms with van der Waals surface area (Å²) in [5.41, 5.74) is 0. The van der Waals surface area contributed by atoms with Crippen LogP contribution in [0.3, 0.4) is 0 Å². The minimum Gasteiger partial charge on any atom is -0.481 e. The predicted octanol–water partition coefficient (Wildman–Crippen LogP) is 2.15. The summed E-state index contributed by atoms with van der Waals surface area (Å²) in [6.07, 6.45) is 6.06. The van der Waals surface area contributed by atoms with Gasteiger partial charge in [0.05, 0.1) is 12.4 Å². The monoisotopic (exact) mass is 299 g/mol. The van der Waals surface area contributed by atoms with Gasteiger partial charge in [-0.1, -0.05) is 31.0 Å². The number of carboxylic acid groups (broad SMARTS) is 1. The summed E-state index contributed by atoms with van der Waals surface area (Å²) < 4.78 is 7.17. The van der Waals surface area contributed by atoms with Gasteiger partial charge in [-0.25, -0.2) is 0 Å². The Bertz CT molecular complexity index is 444. The number of carboxylic acids is 1. The SMILES string of the molecule is COCCn1c(SCC(=O)O)nnc1C1CCCCC1. The van der Waals surface area contributed by atoms with Gasteiger partial charge < -0.3 is 14.4 Å². The first-order valence-electron chi connectivity index (χ1n) is 6.99. The summed E-state index contributed by atoms with van der Waals surface area (Å²) in [4.78, 5) is 10.7. The third-order valence-electron chi connectivity index (χ3n) is 3.56. The molecular weight excluding hydrogens is 278 g/mol. The van der Waals surface area contributed by atoms with Crippen LogP contribution < -0.4 is 0 Å². The van der Waals surface area contributed by atoms with Crippen LogP contribution in [0.2, 0.25) is 0 Å². The van der Waals surface area contributed by atoms with E-state index in [1.165, 1.54) is 31.0 Å². The lowest BCUT2D eigenvalue weighted by atomic mass is 9.89. The van der Waals surface area contributed by atoms with Crippen molar-refractivity contribution in [3.05, 3.63) is 5.82 Å². The lowest BCUT2D eigenvalue weighted by Gasteiger charge is -2.21. The third kappa shape index (κ3) is 3.96. The quantitative estimate of drug-likeness (QED) is 0.777. The molecule has 6 nitrogen and oxygen atoms in total. The molecule has 0 amide bonds. The average Bonchev–Trinajstić information content (AvgIpc) is 2.86. The van der Waals surface area contributed by atoms with Crippen LogP contribution in [0.15, 0.2) is 5.16 Å². The van der Waals surface area contributed by atoms with Crippen molar-refractivity contribution in [3.63, 3.8) is 0 Å². The smallest absolute Gasteiger partial charge is 0.313 e. The van der Waals surface area contributed by atoms with Crippen molar-refractivity contribution in [1.82, 2.24) is 14.8 Å². The first kappa shape index (κ1) is 15.3. The van der Waals surface area contributed by atoms with Crippen LogP contribution in [0, 0.1) is 0 Å². The molecule has 1 heterocycles. The maximum Gasteiger partial charge on any atom is 0.313 e. The molecule has 1 fully saturated rings. The molecule has 1 saturated carbocycles. The Hall–Kier alpha value is -1.08. The number of aromatic nitrogens is 3. The highest BCUT2D eigenvalue weighted by Crippen LogP contribution is 2.33. The van der Waals surface area contributed by atoms with E-state index in [1.807, 2.05) is 4.57 Å². The summed E-state index contributed by atoms with van der Waals surface area (Å²) in [5.74, 6) is 0.618. The highest BCUT2D eigenvalue weighted by atomic mass is 32.2. The molecule has 0 atom stereocenters. The van der Waals surface area contributed by atoms with E-state index < -0.39 is 5.97 Å². The topological polar surface area (TPSA) is 77.2 Å². The van der Waals surface area contributed by atoms with E-state index in [0.29, 0.717) is 24.2 Å². The van der Waals surface area contributed by atoms with Gasteiger partial charge in [0.25, 0.3) is 0 Å². The first-order chi connectivity index (χ1) is 9.72. The van der Waals surface area contributed by atoms with Gasteiger partial charge in [0.1, 0.15) is 5.82 Å². The fourth-order valence-corrected chi connectivity index (χ4v) is 3.28. The second kappa shape index (κ2) is 7.64. The van der Waals surface area contributed by atoms with E-state index in [1.54, 1.807) is 7.11 Å². The average molecular weight is 299 g/mol. The molecule has 1 aromatic rings. The molecule has 1 N–H and O–H groups in total. The normalized spacial score (nSPS) is 16.4. The summed E-state index contributed by atoms with van der Waals surface area (Å²) in [5, 5.41) is 18.0. The molecule has 0 aliphatic heterocycles. The second-order valence-electron chi connectivity index (χ2n) is 5.00. The number of hydrogen-bond acceptors (Lipinski definition) is 5. The molecule has 0 bridgehead atoms. The molecule has 0 radical (unpaired) electrons. The Kier molecular flexibility index (Phi) is 5.85. The van der Waals surface area contributed by atoms with Crippen molar-refractivity contribution in [2.24, 2.45) is 0 Å². The largest absolute Gasteiger partial charge is 0.481 e. The Morgan fingerprint density at radius 2 is 2.15 bits per heavy atom. The van der Waals surface area contributed by atoms with Crippen molar-refractivity contribution >= 4 is 17.7 Å². The fraction of sp³-hybridized carbons (Fsp3) is 0.769. The fourth-order valence-electron chi connectivity index (χ4n) is 2.59. The summed E-state index contributed by atoms with van der Waals surface area (Å²) in [6.45, 7) is 1.26. The van der Waals surface area contributed by atoms with E-state index in [2.05, 4.69) is 10.2 Å². The van der Waals surface area contributed by atoms with Crippen molar-refractivity contribution in [2.45, 2.75) is 49.7 Å². The van der Waals surface area contributed by atoms with E-state index in [-0.39, 0.29) is 5.75 Å². The highest BCUT2D eigenvalue weighted by Gasteiger charge is 2.23. The van der Waals surface area contributed by atoms with E-state index in [9.17, 15) is 4.79 Å². The number of aliphatic carboxylic acids is 1. The molecule has 0 unspecified atom stereocenters. The lowest BCUT2D eigenvalue weighted by Crippen LogP contribution is -2.15. The van der Waals surface area contributed by atoms with Crippen molar-refractivity contribution < 1.29 is 14.6 Å². The van der Waals surface area contributed by atoms with Crippen LogP contribution in [-0.2, 0) is 16.1 Å². The predicted molar refractivity (Wildman–Crippen MR) is 76.1 cm³/mol. The van der Waals surface area contributed by atoms with Gasteiger partial charge in [0.15, 0.2) is 5.16 Å². The Morgan fingerprint density at radius 1 is 1.40 bits per heavy atom. The van der Waals surface area contributed by atoms with Crippen LogP contribution >= 0.6 is 11.8 Å².